The number of hydrogen-bond donors (Lipinski definition) is 1. The number of fused-ring (bicyclic) bond motifs is 1. The molecule has 0 aliphatic carbocycles. The summed E-state index contributed by atoms with van der Waals surface area (Å²) in [6.45, 7) is 4.49. The van der Waals surface area contributed by atoms with Crippen LogP contribution in [-0.2, 0) is 16.6 Å². The van der Waals surface area contributed by atoms with Crippen LogP contribution in [0.15, 0.2) is 48.5 Å². The highest BCUT2D eigenvalue weighted by Gasteiger charge is 2.37. The standard InChI is InChI=1S/C24H28N4O3/c1-15(2)22(23-25-19-7-5-6-8-20(19)27(23)3)26-24(30)16-13-21(29)28(14-16)17-9-11-18(31-4)12-10-17/h5-12,15-16,22H,13-14H2,1-4H3,(H,26,30)/t16-,22+/m0/s1. The van der Waals surface area contributed by atoms with Gasteiger partial charge in [0, 0.05) is 25.7 Å². The van der Waals surface area contributed by atoms with E-state index in [-0.39, 0.29) is 30.2 Å². The van der Waals surface area contributed by atoms with E-state index in [1.54, 1.807) is 12.0 Å². The monoisotopic (exact) mass is 420 g/mol. The highest BCUT2D eigenvalue weighted by Crippen LogP contribution is 2.29. The number of imidazole rings is 1. The molecule has 1 saturated heterocycles. The Morgan fingerprint density at radius 1 is 1.16 bits per heavy atom. The van der Waals surface area contributed by atoms with Crippen molar-refractivity contribution in [2.24, 2.45) is 18.9 Å². The fraction of sp³-hybridized carbons (Fsp3) is 0.375. The summed E-state index contributed by atoms with van der Waals surface area (Å²) in [5.74, 6) is 1.14. The summed E-state index contributed by atoms with van der Waals surface area (Å²) in [4.78, 5) is 32.2. The lowest BCUT2D eigenvalue weighted by Crippen LogP contribution is -2.38. The van der Waals surface area contributed by atoms with E-state index in [4.69, 9.17) is 9.72 Å². The molecule has 7 nitrogen and oxygen atoms in total. The lowest BCUT2D eigenvalue weighted by molar-refractivity contribution is -0.127. The first kappa shape index (κ1) is 20.9. The van der Waals surface area contributed by atoms with Gasteiger partial charge in [0.05, 0.1) is 30.1 Å². The van der Waals surface area contributed by atoms with Crippen LogP contribution in [0.3, 0.4) is 0 Å². The van der Waals surface area contributed by atoms with E-state index in [1.807, 2.05) is 60.1 Å². The van der Waals surface area contributed by atoms with Crippen molar-refractivity contribution in [3.05, 3.63) is 54.4 Å². The second-order valence-corrected chi connectivity index (χ2v) is 8.35. The molecular weight excluding hydrogens is 392 g/mol. The Kier molecular flexibility index (Phi) is 5.67. The SMILES string of the molecule is COc1ccc(N2C[C@@H](C(=O)N[C@@H](c3nc4ccccc4n3C)C(C)C)CC2=O)cc1. The number of nitrogens with zero attached hydrogens (tertiary/aromatic N) is 3. The molecule has 1 N–H and O–H groups in total. The molecule has 0 unspecified atom stereocenters. The number of aromatic nitrogens is 2. The zero-order valence-electron chi connectivity index (χ0n) is 18.3. The second kappa shape index (κ2) is 8.41. The molecule has 7 heteroatoms. The predicted molar refractivity (Wildman–Crippen MR) is 120 cm³/mol. The van der Waals surface area contributed by atoms with Crippen LogP contribution in [0, 0.1) is 11.8 Å². The molecule has 2 aromatic carbocycles. The number of ether oxygens (including phenoxy) is 1. The smallest absolute Gasteiger partial charge is 0.227 e. The quantitative estimate of drug-likeness (QED) is 0.663. The molecule has 0 saturated carbocycles. The minimum atomic E-state index is -0.398. The van der Waals surface area contributed by atoms with E-state index < -0.39 is 5.92 Å². The maximum atomic E-state index is 13.1. The van der Waals surface area contributed by atoms with E-state index in [0.717, 1.165) is 28.3 Å². The van der Waals surface area contributed by atoms with Gasteiger partial charge in [0.15, 0.2) is 0 Å². The molecule has 0 spiro atoms. The molecule has 0 bridgehead atoms. The van der Waals surface area contributed by atoms with Crippen molar-refractivity contribution < 1.29 is 14.3 Å². The van der Waals surface area contributed by atoms with E-state index in [2.05, 4.69) is 19.2 Å². The summed E-state index contributed by atoms with van der Waals surface area (Å²) in [6, 6.07) is 15.0. The van der Waals surface area contributed by atoms with Crippen molar-refractivity contribution in [1.82, 2.24) is 14.9 Å². The molecule has 1 aromatic heterocycles. The lowest BCUT2D eigenvalue weighted by atomic mass is 10.0. The van der Waals surface area contributed by atoms with E-state index >= 15 is 0 Å². The minimum Gasteiger partial charge on any atom is -0.497 e. The van der Waals surface area contributed by atoms with Gasteiger partial charge in [-0.2, -0.15) is 0 Å². The normalized spacial score (nSPS) is 17.4. The molecule has 0 radical (unpaired) electrons. The van der Waals surface area contributed by atoms with Gasteiger partial charge >= 0.3 is 0 Å². The fourth-order valence-corrected chi connectivity index (χ4v) is 4.14. The highest BCUT2D eigenvalue weighted by molar-refractivity contribution is 6.00. The van der Waals surface area contributed by atoms with Gasteiger partial charge < -0.3 is 19.5 Å². The van der Waals surface area contributed by atoms with Crippen LogP contribution in [0.4, 0.5) is 5.69 Å². The fourth-order valence-electron chi connectivity index (χ4n) is 4.14. The van der Waals surface area contributed by atoms with E-state index in [0.29, 0.717) is 6.54 Å². The first-order chi connectivity index (χ1) is 14.9. The number of nitrogens with one attached hydrogen (secondary N) is 1. The number of aryl methyl sites for hydroxylation is 1. The van der Waals surface area contributed by atoms with Crippen molar-refractivity contribution in [2.75, 3.05) is 18.6 Å². The summed E-state index contributed by atoms with van der Waals surface area (Å²) in [5, 5.41) is 3.17. The van der Waals surface area contributed by atoms with Gasteiger partial charge in [-0.05, 0) is 42.3 Å². The van der Waals surface area contributed by atoms with Crippen molar-refractivity contribution in [1.29, 1.82) is 0 Å². The predicted octanol–water partition coefficient (Wildman–Crippen LogP) is 3.45. The third-order valence-corrected chi connectivity index (χ3v) is 5.94. The van der Waals surface area contributed by atoms with Gasteiger partial charge in [0.1, 0.15) is 11.6 Å². The Labute approximate surface area is 182 Å². The summed E-state index contributed by atoms with van der Waals surface area (Å²) in [7, 11) is 3.57. The maximum Gasteiger partial charge on any atom is 0.227 e. The van der Waals surface area contributed by atoms with E-state index in [9.17, 15) is 9.59 Å². The number of carbonyl (C=O) groups is 2. The summed E-state index contributed by atoms with van der Waals surface area (Å²) < 4.78 is 7.21. The average Bonchev–Trinajstić information content (AvgIpc) is 3.32. The summed E-state index contributed by atoms with van der Waals surface area (Å²) in [5.41, 5.74) is 2.71. The molecule has 2 atom stereocenters. The Bertz CT molecular complexity index is 1100. The molecular formula is C24H28N4O3. The van der Waals surface area contributed by atoms with E-state index in [1.165, 1.54) is 0 Å². The number of hydrogen-bond acceptors (Lipinski definition) is 4. The molecule has 2 amide bonds. The van der Waals surface area contributed by atoms with Gasteiger partial charge in [-0.3, -0.25) is 9.59 Å². The number of para-hydroxylation sites is 2. The van der Waals surface area contributed by atoms with Crippen LogP contribution in [0.5, 0.6) is 5.75 Å². The zero-order chi connectivity index (χ0) is 22.1. The molecule has 4 rings (SSSR count). The zero-order valence-corrected chi connectivity index (χ0v) is 18.3. The van der Waals surface area contributed by atoms with Gasteiger partial charge in [-0.25, -0.2) is 4.98 Å². The van der Waals surface area contributed by atoms with Crippen molar-refractivity contribution in [3.8, 4) is 5.75 Å². The van der Waals surface area contributed by atoms with Gasteiger partial charge in [0.2, 0.25) is 11.8 Å². The molecule has 1 fully saturated rings. The summed E-state index contributed by atoms with van der Waals surface area (Å²) >= 11 is 0. The number of carbonyl (C=O) groups excluding carboxylic acids is 2. The number of methoxy groups -OCH3 is 1. The first-order valence-corrected chi connectivity index (χ1v) is 10.5. The molecule has 1 aliphatic heterocycles. The average molecular weight is 421 g/mol. The van der Waals surface area contributed by atoms with Gasteiger partial charge in [0.25, 0.3) is 0 Å². The first-order valence-electron chi connectivity index (χ1n) is 10.5. The number of amides is 2. The number of anilines is 1. The van der Waals surface area contributed by atoms with Crippen LogP contribution in [0.1, 0.15) is 32.1 Å². The van der Waals surface area contributed by atoms with Crippen molar-refractivity contribution in [3.63, 3.8) is 0 Å². The van der Waals surface area contributed by atoms with Crippen molar-refractivity contribution >= 4 is 28.5 Å². The van der Waals surface area contributed by atoms with Gasteiger partial charge in [-0.1, -0.05) is 26.0 Å². The number of rotatable bonds is 6. The molecule has 3 aromatic rings. The Morgan fingerprint density at radius 3 is 2.52 bits per heavy atom. The summed E-state index contributed by atoms with van der Waals surface area (Å²) in [6.07, 6.45) is 0.200. The molecule has 1 aliphatic rings. The molecule has 2 heterocycles. The third-order valence-electron chi connectivity index (χ3n) is 5.94. The largest absolute Gasteiger partial charge is 0.497 e. The van der Waals surface area contributed by atoms with Gasteiger partial charge in [-0.15, -0.1) is 0 Å². The van der Waals surface area contributed by atoms with Crippen LogP contribution in [0.25, 0.3) is 11.0 Å². The topological polar surface area (TPSA) is 76.5 Å². The Morgan fingerprint density at radius 2 is 1.87 bits per heavy atom. The third kappa shape index (κ3) is 4.00. The number of benzene rings is 2. The Balaban J connectivity index is 1.51. The van der Waals surface area contributed by atoms with Crippen molar-refractivity contribution in [2.45, 2.75) is 26.3 Å². The second-order valence-electron chi connectivity index (χ2n) is 8.35. The minimum absolute atomic E-state index is 0.0471. The Hall–Kier alpha value is -3.35. The van der Waals surface area contributed by atoms with Crippen LogP contribution >= 0.6 is 0 Å². The van der Waals surface area contributed by atoms with Crippen LogP contribution in [-0.4, -0.2) is 35.0 Å². The van der Waals surface area contributed by atoms with Crippen LogP contribution < -0.4 is 15.0 Å². The maximum absolute atomic E-state index is 13.1. The lowest BCUT2D eigenvalue weighted by Gasteiger charge is -2.24. The molecule has 31 heavy (non-hydrogen) atoms. The van der Waals surface area contributed by atoms with Crippen LogP contribution in [0.2, 0.25) is 0 Å². The molecule has 162 valence electrons. The highest BCUT2D eigenvalue weighted by atomic mass is 16.5.